The highest BCUT2D eigenvalue weighted by Gasteiger charge is 2.62. The van der Waals surface area contributed by atoms with Gasteiger partial charge in [0, 0.05) is 40.9 Å². The summed E-state index contributed by atoms with van der Waals surface area (Å²) in [5, 5.41) is 9.88. The van der Waals surface area contributed by atoms with Crippen LogP contribution in [-0.2, 0) is 18.5 Å². The van der Waals surface area contributed by atoms with E-state index in [0.29, 0.717) is 19.7 Å². The van der Waals surface area contributed by atoms with Crippen molar-refractivity contribution in [3.8, 4) is 0 Å². The normalized spacial score (nSPS) is 23.2. The van der Waals surface area contributed by atoms with Crippen molar-refractivity contribution in [2.45, 2.75) is 71.2 Å². The van der Waals surface area contributed by atoms with Crippen LogP contribution in [0.3, 0.4) is 0 Å². The lowest BCUT2D eigenvalue weighted by atomic mass is 9.73. The van der Waals surface area contributed by atoms with Crippen molar-refractivity contribution in [1.82, 2.24) is 14.0 Å². The average Bonchev–Trinajstić information content (AvgIpc) is 3.35. The third kappa shape index (κ3) is 3.89. The Morgan fingerprint density at radius 1 is 1.27 bits per heavy atom. The van der Waals surface area contributed by atoms with E-state index in [1.807, 2.05) is 19.2 Å². The van der Waals surface area contributed by atoms with Gasteiger partial charge in [0.05, 0.1) is 22.3 Å². The standard InChI is InChI=1S/C24H38N4O4Si/c1-23(2,3)24-13-17(14-28(24)22(30)31)26(15-24)18-9-8-10-19-20(18)25(4)21(29)27(19)16-32-11-12-33(5,6)7/h8-10,17H,11-16H2,1-7H3,(H,30,31)/t17-,24+/m1/s1. The van der Waals surface area contributed by atoms with Gasteiger partial charge in [-0.25, -0.2) is 9.59 Å². The molecule has 3 heterocycles. The van der Waals surface area contributed by atoms with Gasteiger partial charge in [-0.15, -0.1) is 0 Å². The largest absolute Gasteiger partial charge is 0.465 e. The van der Waals surface area contributed by atoms with E-state index in [9.17, 15) is 14.7 Å². The summed E-state index contributed by atoms with van der Waals surface area (Å²) < 4.78 is 9.33. The number of aromatic nitrogens is 2. The van der Waals surface area contributed by atoms with Gasteiger partial charge in [-0.05, 0) is 30.0 Å². The molecule has 2 bridgehead atoms. The highest BCUT2D eigenvalue weighted by molar-refractivity contribution is 6.76. The summed E-state index contributed by atoms with van der Waals surface area (Å²) in [5.74, 6) is 0. The van der Waals surface area contributed by atoms with Crippen molar-refractivity contribution in [2.24, 2.45) is 12.5 Å². The lowest BCUT2D eigenvalue weighted by Gasteiger charge is -2.48. The fraction of sp³-hybridized carbons (Fsp3) is 0.667. The van der Waals surface area contributed by atoms with Gasteiger partial charge in [-0.3, -0.25) is 14.0 Å². The number of amides is 1. The molecule has 1 aromatic heterocycles. The monoisotopic (exact) mass is 474 g/mol. The maximum atomic E-state index is 13.1. The Balaban J connectivity index is 1.68. The van der Waals surface area contributed by atoms with Gasteiger partial charge in [0.25, 0.3) is 0 Å². The van der Waals surface area contributed by atoms with Gasteiger partial charge in [-0.1, -0.05) is 46.5 Å². The fourth-order valence-corrected chi connectivity index (χ4v) is 6.32. The molecule has 9 heteroatoms. The van der Waals surface area contributed by atoms with Crippen LogP contribution in [0.25, 0.3) is 11.0 Å². The number of benzene rings is 1. The highest BCUT2D eigenvalue weighted by Crippen LogP contribution is 2.52. The molecular formula is C24H38N4O4Si. The smallest absolute Gasteiger partial charge is 0.407 e. The van der Waals surface area contributed by atoms with E-state index in [-0.39, 0.29) is 23.9 Å². The first-order valence-corrected chi connectivity index (χ1v) is 15.5. The van der Waals surface area contributed by atoms with Crippen LogP contribution in [0.5, 0.6) is 0 Å². The molecule has 33 heavy (non-hydrogen) atoms. The number of imidazole rings is 1. The second-order valence-corrected chi connectivity index (χ2v) is 17.5. The topological polar surface area (TPSA) is 79.9 Å². The van der Waals surface area contributed by atoms with Crippen LogP contribution in [0.4, 0.5) is 10.5 Å². The summed E-state index contributed by atoms with van der Waals surface area (Å²) in [4.78, 5) is 29.1. The highest BCUT2D eigenvalue weighted by atomic mass is 28.3. The third-order valence-corrected chi connectivity index (χ3v) is 9.35. The van der Waals surface area contributed by atoms with Crippen molar-refractivity contribution in [3.05, 3.63) is 28.7 Å². The van der Waals surface area contributed by atoms with E-state index < -0.39 is 19.7 Å². The van der Waals surface area contributed by atoms with Crippen molar-refractivity contribution in [2.75, 3.05) is 24.6 Å². The molecule has 1 amide bonds. The zero-order valence-electron chi connectivity index (χ0n) is 21.0. The SMILES string of the molecule is Cn1c(=O)n(COCC[Si](C)(C)C)c2cccc(N3C[C@]4(C(C)(C)C)C[C@@H]3CN4C(=O)O)c21. The van der Waals surface area contributed by atoms with E-state index in [2.05, 4.69) is 51.4 Å². The lowest BCUT2D eigenvalue weighted by molar-refractivity contribution is 0.0364. The number of carbonyl (C=O) groups is 1. The number of ether oxygens (including phenoxy) is 1. The Bertz CT molecular complexity index is 1130. The van der Waals surface area contributed by atoms with Crippen LogP contribution >= 0.6 is 0 Å². The predicted octanol–water partition coefficient (Wildman–Crippen LogP) is 4.01. The molecule has 8 nitrogen and oxygen atoms in total. The van der Waals surface area contributed by atoms with Crippen molar-refractivity contribution in [1.29, 1.82) is 0 Å². The summed E-state index contributed by atoms with van der Waals surface area (Å²) in [7, 11) is 0.611. The van der Waals surface area contributed by atoms with E-state index in [1.54, 1.807) is 14.0 Å². The summed E-state index contributed by atoms with van der Waals surface area (Å²) in [6.45, 7) is 15.3. The number of para-hydroxylation sites is 1. The lowest BCUT2D eigenvalue weighted by Crippen LogP contribution is -2.61. The number of piperazine rings is 1. The van der Waals surface area contributed by atoms with Crippen molar-refractivity contribution in [3.63, 3.8) is 0 Å². The molecule has 1 aromatic carbocycles. The third-order valence-electron chi connectivity index (χ3n) is 7.65. The Kier molecular flexibility index (Phi) is 5.72. The van der Waals surface area contributed by atoms with Crippen LogP contribution in [0.2, 0.25) is 25.7 Å². The summed E-state index contributed by atoms with van der Waals surface area (Å²) >= 11 is 0. The van der Waals surface area contributed by atoms with Crippen LogP contribution < -0.4 is 10.6 Å². The molecule has 182 valence electrons. The number of aryl methyl sites for hydroxylation is 1. The Morgan fingerprint density at radius 3 is 2.58 bits per heavy atom. The summed E-state index contributed by atoms with van der Waals surface area (Å²) in [5.41, 5.74) is 1.99. The number of rotatable bonds is 6. The van der Waals surface area contributed by atoms with E-state index >= 15 is 0 Å². The minimum absolute atomic E-state index is 0.0903. The first-order chi connectivity index (χ1) is 15.3. The average molecular weight is 475 g/mol. The zero-order valence-corrected chi connectivity index (χ0v) is 22.0. The van der Waals surface area contributed by atoms with Gasteiger partial charge in [0.2, 0.25) is 0 Å². The van der Waals surface area contributed by atoms with Crippen LogP contribution in [0.15, 0.2) is 23.0 Å². The maximum Gasteiger partial charge on any atom is 0.407 e. The number of hydrogen-bond acceptors (Lipinski definition) is 4. The quantitative estimate of drug-likeness (QED) is 0.505. The van der Waals surface area contributed by atoms with Crippen LogP contribution in [0, 0.1) is 5.41 Å². The molecule has 2 aliphatic heterocycles. The Labute approximate surface area is 196 Å². The van der Waals surface area contributed by atoms with Crippen LogP contribution in [0.1, 0.15) is 27.2 Å². The molecule has 0 radical (unpaired) electrons. The van der Waals surface area contributed by atoms with Crippen molar-refractivity contribution < 1.29 is 14.6 Å². The maximum absolute atomic E-state index is 13.1. The number of hydrogen-bond donors (Lipinski definition) is 1. The van der Waals surface area contributed by atoms with Gasteiger partial charge in [0.1, 0.15) is 6.73 Å². The molecule has 0 spiro atoms. The molecule has 1 N–H and O–H groups in total. The molecule has 2 aromatic rings. The summed E-state index contributed by atoms with van der Waals surface area (Å²) in [6.07, 6.45) is -0.0486. The molecular weight excluding hydrogens is 436 g/mol. The second kappa shape index (κ2) is 7.90. The van der Waals surface area contributed by atoms with Gasteiger partial charge >= 0.3 is 11.8 Å². The predicted molar refractivity (Wildman–Crippen MR) is 134 cm³/mol. The van der Waals surface area contributed by atoms with E-state index in [0.717, 1.165) is 29.2 Å². The molecule has 2 atom stereocenters. The first kappa shape index (κ1) is 23.9. The number of likely N-dealkylation sites (tertiary alicyclic amines) is 1. The zero-order chi connectivity index (χ0) is 24.3. The van der Waals surface area contributed by atoms with E-state index in [4.69, 9.17) is 4.74 Å². The second-order valence-electron chi connectivity index (χ2n) is 11.9. The minimum Gasteiger partial charge on any atom is -0.465 e. The Morgan fingerprint density at radius 2 is 1.97 bits per heavy atom. The van der Waals surface area contributed by atoms with Crippen molar-refractivity contribution >= 4 is 30.9 Å². The number of anilines is 1. The van der Waals surface area contributed by atoms with Gasteiger partial charge < -0.3 is 14.7 Å². The van der Waals surface area contributed by atoms with Gasteiger partial charge in [-0.2, -0.15) is 0 Å². The molecule has 4 rings (SSSR count). The molecule has 0 unspecified atom stereocenters. The number of fused-ring (bicyclic) bond motifs is 3. The minimum atomic E-state index is -1.20. The molecule has 2 aliphatic rings. The number of carboxylic acid groups (broad SMARTS) is 1. The summed E-state index contributed by atoms with van der Waals surface area (Å²) in [6, 6.07) is 7.17. The van der Waals surface area contributed by atoms with Gasteiger partial charge in [0.15, 0.2) is 0 Å². The van der Waals surface area contributed by atoms with E-state index in [1.165, 1.54) is 0 Å². The Hall–Kier alpha value is -2.26. The van der Waals surface area contributed by atoms with Crippen LogP contribution in [-0.4, -0.2) is 64.6 Å². The fourth-order valence-electron chi connectivity index (χ4n) is 5.56. The molecule has 2 fully saturated rings. The number of nitrogens with zero attached hydrogens (tertiary/aromatic N) is 4. The molecule has 0 aliphatic carbocycles. The molecule has 0 saturated carbocycles. The molecule has 2 saturated heterocycles. The first-order valence-electron chi connectivity index (χ1n) is 11.8.